The van der Waals surface area contributed by atoms with Gasteiger partial charge in [0.2, 0.25) is 5.95 Å². The Morgan fingerprint density at radius 1 is 1.08 bits per heavy atom. The fourth-order valence-electron chi connectivity index (χ4n) is 2.42. The first-order valence-electron chi connectivity index (χ1n) is 7.36. The van der Waals surface area contributed by atoms with Gasteiger partial charge in [0.15, 0.2) is 0 Å². The Hall–Kier alpha value is -2.54. The van der Waals surface area contributed by atoms with Gasteiger partial charge in [0, 0.05) is 49.0 Å². The Labute approximate surface area is 147 Å². The van der Waals surface area contributed by atoms with Crippen molar-refractivity contribution in [3.05, 3.63) is 65.2 Å². The van der Waals surface area contributed by atoms with Gasteiger partial charge in [-0.15, -0.1) is 0 Å². The lowest BCUT2D eigenvalue weighted by molar-refractivity contribution is -0.138. The molecule has 3 rings (SSSR count). The van der Waals surface area contributed by atoms with E-state index in [4.69, 9.17) is 11.6 Å². The van der Waals surface area contributed by atoms with Crippen molar-refractivity contribution in [3.63, 3.8) is 0 Å². The first-order valence-corrected chi connectivity index (χ1v) is 7.74. The summed E-state index contributed by atoms with van der Waals surface area (Å²) >= 11 is 5.91. The van der Waals surface area contributed by atoms with E-state index < -0.39 is 11.7 Å². The summed E-state index contributed by atoms with van der Waals surface area (Å²) in [6, 6.07) is 7.42. The van der Waals surface area contributed by atoms with Gasteiger partial charge in [-0.25, -0.2) is 9.97 Å². The molecule has 3 aromatic rings. The van der Waals surface area contributed by atoms with Gasteiger partial charge in [-0.1, -0.05) is 23.7 Å². The Morgan fingerprint density at radius 3 is 2.32 bits per heavy atom. The number of hydrogen-bond donors (Lipinski definition) is 1. The quantitative estimate of drug-likeness (QED) is 0.722. The Bertz CT molecular complexity index is 842. The monoisotopic (exact) mass is 366 g/mol. The molecule has 25 heavy (non-hydrogen) atoms. The molecule has 4 nitrogen and oxygen atoms in total. The average molecular weight is 367 g/mol. The first kappa shape index (κ1) is 17.3. The lowest BCUT2D eigenvalue weighted by Crippen LogP contribution is -2.20. The summed E-state index contributed by atoms with van der Waals surface area (Å²) in [5.74, 6) is 0.219. The van der Waals surface area contributed by atoms with Crippen molar-refractivity contribution in [1.29, 1.82) is 0 Å². The largest absolute Gasteiger partial charge is 0.419 e. The molecule has 0 aliphatic heterocycles. The molecule has 0 aliphatic carbocycles. The summed E-state index contributed by atoms with van der Waals surface area (Å²) in [4.78, 5) is 12.3. The number of benzene rings is 1. The molecule has 2 aromatic heterocycles. The number of alkyl halides is 3. The minimum absolute atomic E-state index is 0.219. The second kappa shape index (κ2) is 6.76. The highest BCUT2D eigenvalue weighted by molar-refractivity contribution is 6.30. The smallest absolute Gasteiger partial charge is 0.367 e. The van der Waals surface area contributed by atoms with Crippen molar-refractivity contribution in [1.82, 2.24) is 15.0 Å². The van der Waals surface area contributed by atoms with Crippen LogP contribution in [0.3, 0.4) is 0 Å². The highest BCUT2D eigenvalue weighted by atomic mass is 35.5. The van der Waals surface area contributed by atoms with E-state index in [9.17, 15) is 13.2 Å². The van der Waals surface area contributed by atoms with Gasteiger partial charge in [0.05, 0.1) is 5.56 Å². The van der Waals surface area contributed by atoms with Crippen LogP contribution in [0, 0.1) is 0 Å². The zero-order valence-electron chi connectivity index (χ0n) is 13.2. The van der Waals surface area contributed by atoms with Gasteiger partial charge in [0.1, 0.15) is 0 Å². The predicted molar refractivity (Wildman–Crippen MR) is 90.4 cm³/mol. The summed E-state index contributed by atoms with van der Waals surface area (Å²) in [6.07, 6.45) is 0.830. The second-order valence-corrected chi connectivity index (χ2v) is 5.96. The van der Waals surface area contributed by atoms with Gasteiger partial charge >= 0.3 is 6.18 Å². The van der Waals surface area contributed by atoms with Crippen molar-refractivity contribution in [3.8, 4) is 11.1 Å². The van der Waals surface area contributed by atoms with E-state index in [0.717, 1.165) is 29.1 Å². The highest BCUT2D eigenvalue weighted by Gasteiger charge is 2.31. The van der Waals surface area contributed by atoms with Crippen molar-refractivity contribution >= 4 is 17.5 Å². The number of rotatable bonds is 4. The Kier molecular flexibility index (Phi) is 4.67. The number of halogens is 4. The van der Waals surface area contributed by atoms with Crippen LogP contribution in [0.2, 0.25) is 5.02 Å². The molecule has 1 aromatic carbocycles. The highest BCUT2D eigenvalue weighted by Crippen LogP contribution is 2.29. The van der Waals surface area contributed by atoms with Crippen LogP contribution in [0.15, 0.2) is 49.1 Å². The first-order chi connectivity index (χ1) is 11.8. The molecule has 0 aliphatic rings. The van der Waals surface area contributed by atoms with Crippen LogP contribution in [0.1, 0.15) is 11.1 Å². The lowest BCUT2D eigenvalue weighted by Gasteiger charge is -2.18. The van der Waals surface area contributed by atoms with Crippen LogP contribution in [-0.4, -0.2) is 22.0 Å². The number of anilines is 1. The van der Waals surface area contributed by atoms with E-state index in [2.05, 4.69) is 15.0 Å². The number of hydrogen-bond acceptors (Lipinski definition) is 3. The van der Waals surface area contributed by atoms with Crippen molar-refractivity contribution in [2.24, 2.45) is 0 Å². The molecule has 0 fully saturated rings. The summed E-state index contributed by atoms with van der Waals surface area (Å²) < 4.78 is 37.8. The molecule has 0 atom stereocenters. The van der Waals surface area contributed by atoms with Crippen molar-refractivity contribution in [2.45, 2.75) is 12.7 Å². The molecule has 1 N–H and O–H groups in total. The predicted octanol–water partition coefficient (Wildman–Crippen LogP) is 4.78. The maximum atomic E-state index is 12.6. The average Bonchev–Trinajstić information content (AvgIpc) is 3.03. The van der Waals surface area contributed by atoms with Gasteiger partial charge in [-0.05, 0) is 23.3 Å². The third-order valence-corrected chi connectivity index (χ3v) is 3.95. The van der Waals surface area contributed by atoms with E-state index >= 15 is 0 Å². The van der Waals surface area contributed by atoms with E-state index in [0.29, 0.717) is 11.6 Å². The summed E-state index contributed by atoms with van der Waals surface area (Å²) in [5.41, 5.74) is 2.07. The zero-order valence-corrected chi connectivity index (χ0v) is 13.9. The maximum Gasteiger partial charge on any atom is 0.419 e. The zero-order chi connectivity index (χ0) is 18.0. The third kappa shape index (κ3) is 3.93. The number of nitrogens with one attached hydrogen (secondary N) is 1. The second-order valence-electron chi connectivity index (χ2n) is 5.53. The van der Waals surface area contributed by atoms with E-state index in [1.807, 2.05) is 24.5 Å². The van der Waals surface area contributed by atoms with Crippen LogP contribution in [0.5, 0.6) is 0 Å². The van der Waals surface area contributed by atoms with Crippen molar-refractivity contribution in [2.75, 3.05) is 11.9 Å². The molecular formula is C17H14ClF3N4. The fraction of sp³-hybridized carbons (Fsp3) is 0.176. The minimum Gasteiger partial charge on any atom is -0.367 e. The number of aromatic amines is 1. The van der Waals surface area contributed by atoms with E-state index in [-0.39, 0.29) is 5.95 Å². The van der Waals surface area contributed by atoms with Gasteiger partial charge < -0.3 is 9.88 Å². The topological polar surface area (TPSA) is 44.8 Å². The van der Waals surface area contributed by atoms with Crippen molar-refractivity contribution < 1.29 is 13.2 Å². The molecule has 0 saturated heterocycles. The van der Waals surface area contributed by atoms with Gasteiger partial charge in [-0.3, -0.25) is 0 Å². The third-order valence-electron chi connectivity index (χ3n) is 3.70. The van der Waals surface area contributed by atoms with Crippen LogP contribution >= 0.6 is 11.6 Å². The Balaban J connectivity index is 1.79. The number of nitrogens with zero attached hydrogens (tertiary/aromatic N) is 3. The molecular weight excluding hydrogens is 353 g/mol. The molecule has 0 amide bonds. The summed E-state index contributed by atoms with van der Waals surface area (Å²) in [6.45, 7) is 0.437. The minimum atomic E-state index is -4.44. The SMILES string of the molecule is CN(Cc1c[nH]cc1-c1ccc(Cl)cc1)c1ncc(C(F)(F)F)cn1. The number of aromatic nitrogens is 3. The van der Waals surface area contributed by atoms with E-state index in [1.54, 1.807) is 24.1 Å². The lowest BCUT2D eigenvalue weighted by atomic mass is 10.0. The number of H-pyrrole nitrogens is 1. The molecule has 0 bridgehead atoms. The molecule has 8 heteroatoms. The molecule has 130 valence electrons. The van der Waals surface area contributed by atoms with Crippen LogP contribution < -0.4 is 4.90 Å². The van der Waals surface area contributed by atoms with Crippen LogP contribution in [0.25, 0.3) is 11.1 Å². The fourth-order valence-corrected chi connectivity index (χ4v) is 2.54. The van der Waals surface area contributed by atoms with Gasteiger partial charge in [0.25, 0.3) is 0 Å². The molecule has 2 heterocycles. The normalized spacial score (nSPS) is 11.6. The van der Waals surface area contributed by atoms with E-state index in [1.165, 1.54) is 0 Å². The Morgan fingerprint density at radius 2 is 1.72 bits per heavy atom. The summed E-state index contributed by atoms with van der Waals surface area (Å²) in [7, 11) is 1.72. The maximum absolute atomic E-state index is 12.6. The van der Waals surface area contributed by atoms with Crippen LogP contribution in [-0.2, 0) is 12.7 Å². The standard InChI is InChI=1S/C17H14ClF3N4/c1-25(16-23-7-13(8-24-16)17(19,20)21)10-12-6-22-9-15(12)11-2-4-14(18)5-3-11/h2-9,22H,10H2,1H3. The molecule has 0 spiro atoms. The molecule has 0 radical (unpaired) electrons. The van der Waals surface area contributed by atoms with Crippen LogP contribution in [0.4, 0.5) is 19.1 Å². The summed E-state index contributed by atoms with van der Waals surface area (Å²) in [5, 5.41) is 0.649. The van der Waals surface area contributed by atoms with Gasteiger partial charge in [-0.2, -0.15) is 13.2 Å². The molecule has 0 unspecified atom stereocenters. The molecule has 0 saturated carbocycles.